The highest BCUT2D eigenvalue weighted by Crippen LogP contribution is 2.32. The summed E-state index contributed by atoms with van der Waals surface area (Å²) in [6.45, 7) is 7.46. The number of halogens is 1. The van der Waals surface area contributed by atoms with Crippen molar-refractivity contribution in [2.24, 2.45) is 5.73 Å². The lowest BCUT2D eigenvalue weighted by molar-refractivity contribution is -0.111. The van der Waals surface area contributed by atoms with Gasteiger partial charge in [-0.25, -0.2) is 9.97 Å². The highest BCUT2D eigenvalue weighted by Gasteiger charge is 2.11. The average molecular weight is 495 g/mol. The van der Waals surface area contributed by atoms with Gasteiger partial charge in [-0.1, -0.05) is 36.9 Å². The van der Waals surface area contributed by atoms with Crippen LogP contribution in [0.1, 0.15) is 5.56 Å². The van der Waals surface area contributed by atoms with Crippen LogP contribution in [-0.4, -0.2) is 15.9 Å². The molecule has 0 spiro atoms. The van der Waals surface area contributed by atoms with Gasteiger partial charge in [-0.3, -0.25) is 4.79 Å². The second-order valence-corrected chi connectivity index (χ2v) is 8.17. The minimum Gasteiger partial charge on any atom is -0.458 e. The van der Waals surface area contributed by atoms with Gasteiger partial charge >= 0.3 is 0 Å². The average Bonchev–Trinajstić information content (AvgIpc) is 2.90. The molecule has 0 saturated carbocycles. The molecule has 0 radical (unpaired) electrons. The second kappa shape index (κ2) is 11.2. The van der Waals surface area contributed by atoms with Gasteiger partial charge in [0.05, 0.1) is 5.52 Å². The first-order valence-corrected chi connectivity index (χ1v) is 11.3. The highest BCUT2D eigenvalue weighted by molar-refractivity contribution is 6.30. The molecule has 3 N–H and O–H groups in total. The normalized spacial score (nSPS) is 11.4. The number of nitrogens with two attached hydrogens (primary N) is 1. The van der Waals surface area contributed by atoms with Crippen molar-refractivity contribution < 1.29 is 9.53 Å². The molecule has 1 aromatic heterocycles. The van der Waals surface area contributed by atoms with Gasteiger partial charge in [-0.15, -0.1) is 0 Å². The number of anilines is 1. The molecule has 0 bridgehead atoms. The van der Waals surface area contributed by atoms with E-state index in [1.807, 2.05) is 42.5 Å². The van der Waals surface area contributed by atoms with E-state index in [0.717, 1.165) is 33.2 Å². The summed E-state index contributed by atoms with van der Waals surface area (Å²) in [5, 5.41) is 4.26. The topological polar surface area (TPSA) is 90.1 Å². The van der Waals surface area contributed by atoms with Crippen LogP contribution >= 0.6 is 11.6 Å². The van der Waals surface area contributed by atoms with Crippen LogP contribution in [0.4, 0.5) is 5.69 Å². The molecule has 178 valence electrons. The van der Waals surface area contributed by atoms with Crippen molar-refractivity contribution >= 4 is 39.7 Å². The zero-order valence-electron chi connectivity index (χ0n) is 19.3. The maximum absolute atomic E-state index is 11.8. The van der Waals surface area contributed by atoms with Gasteiger partial charge in [-0.2, -0.15) is 0 Å². The second-order valence-electron chi connectivity index (χ2n) is 7.74. The number of rotatable bonds is 8. The summed E-state index contributed by atoms with van der Waals surface area (Å²) < 4.78 is 5.75. The van der Waals surface area contributed by atoms with E-state index >= 15 is 0 Å². The van der Waals surface area contributed by atoms with Crippen LogP contribution in [0.5, 0.6) is 5.75 Å². The minimum atomic E-state index is -0.285. The van der Waals surface area contributed by atoms with Crippen LogP contribution in [0.2, 0.25) is 5.02 Å². The molecule has 0 unspecified atom stereocenters. The Hall–Kier alpha value is -4.68. The number of carbonyl (C=O) groups is 1. The molecule has 6 nitrogen and oxygen atoms in total. The standard InChI is InChI=1S/C29H23ClN4O2/c1-3-28(35)34-25-6-4-5-20(14-25)27-15-22(13-23-17-32-18-33-29(23)27)21(16-31)8-7-19(2)36-26-11-9-24(30)10-12-26/h3-18H,1-2,31H2,(H,34,35)/b8-7-,21-16+. The summed E-state index contributed by atoms with van der Waals surface area (Å²) in [7, 11) is 0. The monoisotopic (exact) mass is 494 g/mol. The number of aromatic nitrogens is 2. The van der Waals surface area contributed by atoms with E-state index in [9.17, 15) is 4.79 Å². The predicted molar refractivity (Wildman–Crippen MR) is 146 cm³/mol. The number of carbonyl (C=O) groups excluding carboxylic acids is 1. The lowest BCUT2D eigenvalue weighted by Crippen LogP contribution is -2.07. The van der Waals surface area contributed by atoms with E-state index in [1.165, 1.54) is 18.6 Å². The number of hydrogen-bond donors (Lipinski definition) is 2. The smallest absolute Gasteiger partial charge is 0.247 e. The molecule has 0 atom stereocenters. The third kappa shape index (κ3) is 5.87. The van der Waals surface area contributed by atoms with Gasteiger partial charge in [-0.05, 0) is 83.5 Å². The lowest BCUT2D eigenvalue weighted by atomic mass is 9.95. The Bertz CT molecular complexity index is 1510. The van der Waals surface area contributed by atoms with E-state index in [-0.39, 0.29) is 5.91 Å². The van der Waals surface area contributed by atoms with E-state index in [4.69, 9.17) is 22.1 Å². The Kier molecular flexibility index (Phi) is 7.58. The van der Waals surface area contributed by atoms with Crippen LogP contribution in [-0.2, 0) is 4.79 Å². The summed E-state index contributed by atoms with van der Waals surface area (Å²) in [6, 6.07) is 18.5. The van der Waals surface area contributed by atoms with Crippen molar-refractivity contribution in [3.05, 3.63) is 127 Å². The first kappa shape index (κ1) is 24.4. The molecule has 7 heteroatoms. The van der Waals surface area contributed by atoms with Crippen LogP contribution in [0.15, 0.2) is 117 Å². The van der Waals surface area contributed by atoms with Crippen LogP contribution in [0.3, 0.4) is 0 Å². The molecule has 3 aromatic carbocycles. The molecule has 0 saturated heterocycles. The Balaban J connectivity index is 1.68. The number of allylic oxidation sites excluding steroid dienone is 3. The van der Waals surface area contributed by atoms with Gasteiger partial charge in [0.2, 0.25) is 5.91 Å². The number of hydrogen-bond acceptors (Lipinski definition) is 5. The predicted octanol–water partition coefficient (Wildman–Crippen LogP) is 6.52. The van der Waals surface area contributed by atoms with Gasteiger partial charge < -0.3 is 15.8 Å². The van der Waals surface area contributed by atoms with Crippen molar-refractivity contribution in [3.8, 4) is 16.9 Å². The van der Waals surface area contributed by atoms with Crippen LogP contribution in [0.25, 0.3) is 27.6 Å². The summed E-state index contributed by atoms with van der Waals surface area (Å²) in [6.07, 6.45) is 9.57. The molecule has 4 aromatic rings. The van der Waals surface area contributed by atoms with Gasteiger partial charge in [0, 0.05) is 34.1 Å². The molecule has 0 aliphatic heterocycles. The fraction of sp³-hybridized carbons (Fsp3) is 0. The minimum absolute atomic E-state index is 0.285. The molecule has 0 aliphatic rings. The maximum atomic E-state index is 11.8. The van der Waals surface area contributed by atoms with E-state index in [0.29, 0.717) is 22.2 Å². The number of nitrogens with one attached hydrogen (secondary N) is 1. The Morgan fingerprint density at radius 1 is 1.08 bits per heavy atom. The molecular weight excluding hydrogens is 472 g/mol. The third-order valence-corrected chi connectivity index (χ3v) is 5.51. The third-order valence-electron chi connectivity index (χ3n) is 5.26. The van der Waals surface area contributed by atoms with Gasteiger partial charge in [0.1, 0.15) is 17.8 Å². The van der Waals surface area contributed by atoms with Crippen molar-refractivity contribution in [1.29, 1.82) is 0 Å². The molecule has 0 fully saturated rings. The first-order chi connectivity index (χ1) is 17.5. The Morgan fingerprint density at radius 2 is 1.89 bits per heavy atom. The van der Waals surface area contributed by atoms with Gasteiger partial charge in [0.15, 0.2) is 0 Å². The van der Waals surface area contributed by atoms with Crippen LogP contribution < -0.4 is 15.8 Å². The van der Waals surface area contributed by atoms with E-state index < -0.39 is 0 Å². The van der Waals surface area contributed by atoms with Crippen LogP contribution in [0, 0.1) is 0 Å². The number of ether oxygens (including phenoxy) is 1. The largest absolute Gasteiger partial charge is 0.458 e. The lowest BCUT2D eigenvalue weighted by Gasteiger charge is -2.12. The SMILES string of the molecule is C=CC(=O)Nc1cccc(-c2cc(C(/C=C\C(=C)Oc3ccc(Cl)cc3)=C/N)cc3cncnc23)c1. The number of nitrogens with zero attached hydrogens (tertiary/aromatic N) is 2. The highest BCUT2D eigenvalue weighted by atomic mass is 35.5. The molecule has 4 rings (SSSR count). The zero-order chi connectivity index (χ0) is 25.5. The van der Waals surface area contributed by atoms with Crippen molar-refractivity contribution in [1.82, 2.24) is 9.97 Å². The zero-order valence-corrected chi connectivity index (χ0v) is 20.1. The summed E-state index contributed by atoms with van der Waals surface area (Å²) in [5.41, 5.74) is 10.8. The Morgan fingerprint density at radius 3 is 2.64 bits per heavy atom. The number of fused-ring (bicyclic) bond motifs is 1. The fourth-order valence-corrected chi connectivity index (χ4v) is 3.69. The van der Waals surface area contributed by atoms with E-state index in [2.05, 4.69) is 28.4 Å². The maximum Gasteiger partial charge on any atom is 0.247 e. The van der Waals surface area contributed by atoms with Gasteiger partial charge in [0.25, 0.3) is 0 Å². The number of amides is 1. The summed E-state index contributed by atoms with van der Waals surface area (Å²) in [4.78, 5) is 20.4. The number of benzene rings is 3. The van der Waals surface area contributed by atoms with E-state index in [1.54, 1.807) is 36.5 Å². The first-order valence-electron chi connectivity index (χ1n) is 11.0. The molecule has 1 heterocycles. The Labute approximate surface area is 214 Å². The fourth-order valence-electron chi connectivity index (χ4n) is 3.57. The van der Waals surface area contributed by atoms with Crippen molar-refractivity contribution in [3.63, 3.8) is 0 Å². The molecule has 1 amide bonds. The summed E-state index contributed by atoms with van der Waals surface area (Å²) in [5.74, 6) is 0.778. The molecule has 0 aliphatic carbocycles. The molecule has 36 heavy (non-hydrogen) atoms. The molecular formula is C29H23ClN4O2. The van der Waals surface area contributed by atoms with Crippen molar-refractivity contribution in [2.75, 3.05) is 5.32 Å². The summed E-state index contributed by atoms with van der Waals surface area (Å²) >= 11 is 5.93. The quantitative estimate of drug-likeness (QED) is 0.165. The van der Waals surface area contributed by atoms with Crippen molar-refractivity contribution in [2.45, 2.75) is 0 Å².